The number of ketones is 1. The van der Waals surface area contributed by atoms with Crippen molar-refractivity contribution in [2.45, 2.75) is 12.5 Å². The van der Waals surface area contributed by atoms with Gasteiger partial charge in [0.15, 0.2) is 5.54 Å². The molecule has 1 unspecified atom stereocenters. The van der Waals surface area contributed by atoms with Gasteiger partial charge in [-0.15, -0.1) is 0 Å². The predicted octanol–water partition coefficient (Wildman–Crippen LogP) is -0.533. The molecule has 5 heteroatoms. The molecule has 4 N–H and O–H groups in total. The molecule has 0 fully saturated rings. The van der Waals surface area contributed by atoms with E-state index < -0.39 is 17.2 Å². The highest BCUT2D eigenvalue weighted by Gasteiger charge is 2.36. The highest BCUT2D eigenvalue weighted by atomic mass is 16.2. The summed E-state index contributed by atoms with van der Waals surface area (Å²) in [5, 5.41) is 0. The highest BCUT2D eigenvalue weighted by Crippen LogP contribution is 2.07. The topological polar surface area (TPSA) is 99.1 Å². The molecule has 0 saturated carbocycles. The summed E-state index contributed by atoms with van der Waals surface area (Å²) in [5.74, 6) is -1.45. The van der Waals surface area contributed by atoms with E-state index in [1.807, 2.05) is 0 Å². The standard InChI is InChI=1S/C9H11N3O2/c1-9(11,8(10)14)7(13)6-4-2-3-5-12-6/h2-5H,11H2,1H3,(H2,10,14). The SMILES string of the molecule is CC(N)(C(N)=O)C(=O)c1ccccn1. The van der Waals surface area contributed by atoms with Crippen LogP contribution < -0.4 is 11.5 Å². The van der Waals surface area contributed by atoms with E-state index in [-0.39, 0.29) is 5.69 Å². The van der Waals surface area contributed by atoms with Gasteiger partial charge in [0.25, 0.3) is 0 Å². The van der Waals surface area contributed by atoms with Gasteiger partial charge in [-0.3, -0.25) is 14.6 Å². The normalized spacial score (nSPS) is 14.4. The second kappa shape index (κ2) is 3.55. The van der Waals surface area contributed by atoms with Gasteiger partial charge in [0.1, 0.15) is 5.69 Å². The molecule has 1 rings (SSSR count). The van der Waals surface area contributed by atoms with Crippen molar-refractivity contribution < 1.29 is 9.59 Å². The molecule has 1 atom stereocenters. The van der Waals surface area contributed by atoms with Gasteiger partial charge >= 0.3 is 0 Å². The van der Waals surface area contributed by atoms with Crippen LogP contribution >= 0.6 is 0 Å². The number of pyridine rings is 1. The molecule has 14 heavy (non-hydrogen) atoms. The van der Waals surface area contributed by atoms with Gasteiger partial charge in [0.2, 0.25) is 11.7 Å². The van der Waals surface area contributed by atoms with Crippen LogP contribution in [0.15, 0.2) is 24.4 Å². The maximum atomic E-state index is 11.6. The molecule has 0 aliphatic heterocycles. The molecule has 5 nitrogen and oxygen atoms in total. The van der Waals surface area contributed by atoms with Crippen LogP contribution in [0.4, 0.5) is 0 Å². The Balaban J connectivity index is 3.03. The molecule has 0 aliphatic rings. The monoisotopic (exact) mass is 193 g/mol. The van der Waals surface area contributed by atoms with Crippen molar-refractivity contribution >= 4 is 11.7 Å². The molecular formula is C9H11N3O2. The molecule has 1 amide bonds. The summed E-state index contributed by atoms with van der Waals surface area (Å²) >= 11 is 0. The maximum Gasteiger partial charge on any atom is 0.245 e. The summed E-state index contributed by atoms with van der Waals surface area (Å²) < 4.78 is 0. The lowest BCUT2D eigenvalue weighted by Gasteiger charge is -2.17. The summed E-state index contributed by atoms with van der Waals surface area (Å²) in [6.45, 7) is 1.27. The Morgan fingerprint density at radius 2 is 2.07 bits per heavy atom. The van der Waals surface area contributed by atoms with E-state index in [0.29, 0.717) is 0 Å². The number of hydrogen-bond donors (Lipinski definition) is 2. The van der Waals surface area contributed by atoms with Crippen LogP contribution in [-0.2, 0) is 4.79 Å². The van der Waals surface area contributed by atoms with Gasteiger partial charge in [-0.2, -0.15) is 0 Å². The molecule has 0 radical (unpaired) electrons. The first-order chi connectivity index (χ1) is 6.46. The van der Waals surface area contributed by atoms with Gasteiger partial charge in [-0.25, -0.2) is 0 Å². The molecule has 1 heterocycles. The van der Waals surface area contributed by atoms with E-state index >= 15 is 0 Å². The van der Waals surface area contributed by atoms with E-state index in [2.05, 4.69) is 4.98 Å². The van der Waals surface area contributed by atoms with Crippen molar-refractivity contribution in [1.82, 2.24) is 4.98 Å². The van der Waals surface area contributed by atoms with E-state index in [9.17, 15) is 9.59 Å². The zero-order chi connectivity index (χ0) is 10.8. The van der Waals surface area contributed by atoms with E-state index in [0.717, 1.165) is 0 Å². The summed E-state index contributed by atoms with van der Waals surface area (Å²) in [4.78, 5) is 26.3. The van der Waals surface area contributed by atoms with Crippen molar-refractivity contribution in [2.75, 3.05) is 0 Å². The Hall–Kier alpha value is -1.75. The Labute approximate surface area is 81.1 Å². The van der Waals surface area contributed by atoms with Gasteiger partial charge in [0.05, 0.1) is 0 Å². The fourth-order valence-electron chi connectivity index (χ4n) is 0.875. The molecule has 1 aromatic rings. The van der Waals surface area contributed by atoms with Crippen molar-refractivity contribution in [3.05, 3.63) is 30.1 Å². The number of carbonyl (C=O) groups excluding carboxylic acids is 2. The van der Waals surface area contributed by atoms with Gasteiger partial charge in [-0.1, -0.05) is 6.07 Å². The van der Waals surface area contributed by atoms with Crippen molar-refractivity contribution in [3.63, 3.8) is 0 Å². The minimum absolute atomic E-state index is 0.135. The average molecular weight is 193 g/mol. The second-order valence-electron chi connectivity index (χ2n) is 3.11. The Morgan fingerprint density at radius 1 is 1.43 bits per heavy atom. The zero-order valence-electron chi connectivity index (χ0n) is 7.73. The van der Waals surface area contributed by atoms with Gasteiger partial charge in [-0.05, 0) is 19.1 Å². The first-order valence-electron chi connectivity index (χ1n) is 4.01. The number of Topliss-reactive ketones (excluding diaryl/α,β-unsaturated/α-hetero) is 1. The van der Waals surface area contributed by atoms with Crippen LogP contribution in [-0.4, -0.2) is 22.2 Å². The fraction of sp³-hybridized carbons (Fsp3) is 0.222. The minimum atomic E-state index is -1.70. The third-order valence-electron chi connectivity index (χ3n) is 1.88. The number of carbonyl (C=O) groups is 2. The van der Waals surface area contributed by atoms with Crippen molar-refractivity contribution in [2.24, 2.45) is 11.5 Å². The molecule has 0 bridgehead atoms. The summed E-state index contributed by atoms with van der Waals surface area (Å²) in [6, 6.07) is 4.78. The summed E-state index contributed by atoms with van der Waals surface area (Å²) in [7, 11) is 0. The molecule has 0 aliphatic carbocycles. The van der Waals surface area contributed by atoms with E-state index in [1.54, 1.807) is 12.1 Å². The first kappa shape index (κ1) is 10.3. The van der Waals surface area contributed by atoms with E-state index in [1.165, 1.54) is 19.2 Å². The third kappa shape index (κ3) is 1.77. The number of nitrogens with two attached hydrogens (primary N) is 2. The fourth-order valence-corrected chi connectivity index (χ4v) is 0.875. The van der Waals surface area contributed by atoms with Crippen LogP contribution in [0.25, 0.3) is 0 Å². The Morgan fingerprint density at radius 3 is 2.50 bits per heavy atom. The van der Waals surface area contributed by atoms with Crippen molar-refractivity contribution in [3.8, 4) is 0 Å². The zero-order valence-corrected chi connectivity index (χ0v) is 7.73. The van der Waals surface area contributed by atoms with E-state index in [4.69, 9.17) is 11.5 Å². The molecule has 0 saturated heterocycles. The molecule has 0 aromatic carbocycles. The highest BCUT2D eigenvalue weighted by molar-refractivity contribution is 6.16. The molecular weight excluding hydrogens is 182 g/mol. The van der Waals surface area contributed by atoms with Crippen LogP contribution in [0.2, 0.25) is 0 Å². The maximum absolute atomic E-state index is 11.6. The van der Waals surface area contributed by atoms with Crippen LogP contribution in [0.3, 0.4) is 0 Å². The number of aromatic nitrogens is 1. The summed E-state index contributed by atoms with van der Waals surface area (Å²) in [5.41, 5.74) is 8.90. The van der Waals surface area contributed by atoms with Crippen LogP contribution in [0.5, 0.6) is 0 Å². The average Bonchev–Trinajstić information content (AvgIpc) is 2.17. The lowest BCUT2D eigenvalue weighted by molar-refractivity contribution is -0.121. The Bertz CT molecular complexity index is 360. The Kier molecular flexibility index (Phi) is 2.62. The molecule has 1 aromatic heterocycles. The second-order valence-corrected chi connectivity index (χ2v) is 3.11. The number of amides is 1. The molecule has 0 spiro atoms. The van der Waals surface area contributed by atoms with Crippen molar-refractivity contribution in [1.29, 1.82) is 0 Å². The number of primary amides is 1. The largest absolute Gasteiger partial charge is 0.368 e. The number of nitrogens with zero attached hydrogens (tertiary/aromatic N) is 1. The minimum Gasteiger partial charge on any atom is -0.368 e. The first-order valence-corrected chi connectivity index (χ1v) is 4.01. The number of hydrogen-bond acceptors (Lipinski definition) is 4. The number of rotatable bonds is 3. The quantitative estimate of drug-likeness (QED) is 0.497. The van der Waals surface area contributed by atoms with Crippen LogP contribution in [0, 0.1) is 0 Å². The third-order valence-corrected chi connectivity index (χ3v) is 1.88. The van der Waals surface area contributed by atoms with Gasteiger partial charge < -0.3 is 11.5 Å². The van der Waals surface area contributed by atoms with Crippen LogP contribution in [0.1, 0.15) is 17.4 Å². The lowest BCUT2D eigenvalue weighted by atomic mass is 9.94. The summed E-state index contributed by atoms with van der Waals surface area (Å²) in [6.07, 6.45) is 1.45. The molecule has 74 valence electrons. The smallest absolute Gasteiger partial charge is 0.245 e. The van der Waals surface area contributed by atoms with Gasteiger partial charge in [0, 0.05) is 6.20 Å². The lowest BCUT2D eigenvalue weighted by Crippen LogP contribution is -2.55. The predicted molar refractivity (Wildman–Crippen MR) is 50.4 cm³/mol.